The fourth-order valence-corrected chi connectivity index (χ4v) is 4.93. The molecule has 4 rings (SSSR count). The van der Waals surface area contributed by atoms with Gasteiger partial charge in [0.25, 0.3) is 0 Å². The Labute approximate surface area is 232 Å². The third kappa shape index (κ3) is 6.31. The molecule has 0 spiro atoms. The Bertz CT molecular complexity index is 1460. The first kappa shape index (κ1) is 28.0. The Hall–Kier alpha value is -3.07. The molecule has 0 N–H and O–H groups in total. The first-order valence-corrected chi connectivity index (χ1v) is 12.7. The van der Waals surface area contributed by atoms with Crippen LogP contribution in [0.2, 0.25) is 15.1 Å². The van der Waals surface area contributed by atoms with Crippen LogP contribution in [0.15, 0.2) is 60.8 Å². The van der Waals surface area contributed by atoms with Gasteiger partial charge in [-0.05, 0) is 73.5 Å². The molecule has 0 saturated heterocycles. The maximum absolute atomic E-state index is 12.8. The van der Waals surface area contributed by atoms with Crippen LogP contribution in [0, 0.1) is 0 Å². The van der Waals surface area contributed by atoms with Crippen molar-refractivity contribution in [1.29, 1.82) is 0 Å². The van der Waals surface area contributed by atoms with Gasteiger partial charge in [-0.2, -0.15) is 0 Å². The highest BCUT2D eigenvalue weighted by molar-refractivity contribution is 6.35. The molecule has 0 saturated carbocycles. The molecule has 0 fully saturated rings. The summed E-state index contributed by atoms with van der Waals surface area (Å²) in [6.07, 6.45) is -3.50. The van der Waals surface area contributed by atoms with Crippen molar-refractivity contribution in [3.8, 4) is 22.6 Å². The van der Waals surface area contributed by atoms with Gasteiger partial charge in [0.05, 0.1) is 5.02 Å². The second kappa shape index (κ2) is 11.4. The number of hydrogen-bond acceptors (Lipinski definition) is 3. The van der Waals surface area contributed by atoms with Crippen LogP contribution in [0.5, 0.6) is 11.5 Å². The van der Waals surface area contributed by atoms with E-state index in [0.717, 1.165) is 10.9 Å². The topological polar surface area (TPSA) is 43.7 Å². The van der Waals surface area contributed by atoms with Gasteiger partial charge in [-0.15, -0.1) is 13.2 Å². The summed E-state index contributed by atoms with van der Waals surface area (Å²) in [6, 6.07) is 14.5. The third-order valence-electron chi connectivity index (χ3n) is 5.86. The second-order valence-corrected chi connectivity index (χ2v) is 9.61. The number of aromatic nitrogens is 1. The second-order valence-electron chi connectivity index (χ2n) is 8.33. The number of carbonyl (C=O) groups is 1. The van der Waals surface area contributed by atoms with E-state index in [1.165, 1.54) is 18.2 Å². The van der Waals surface area contributed by atoms with E-state index >= 15 is 0 Å². The number of fused-ring (bicyclic) bond motifs is 1. The maximum atomic E-state index is 12.8. The van der Waals surface area contributed by atoms with Crippen molar-refractivity contribution in [3.05, 3.63) is 81.4 Å². The minimum atomic E-state index is -4.84. The molecule has 1 heterocycles. The lowest BCUT2D eigenvalue weighted by atomic mass is 10.0. The molecule has 4 aromatic rings. The van der Waals surface area contributed by atoms with Gasteiger partial charge in [0.15, 0.2) is 0 Å². The van der Waals surface area contributed by atoms with Gasteiger partial charge in [0.2, 0.25) is 0 Å². The zero-order valence-electron chi connectivity index (χ0n) is 20.3. The molecule has 38 heavy (non-hydrogen) atoms. The van der Waals surface area contributed by atoms with Gasteiger partial charge in [-0.25, -0.2) is 4.79 Å². The SMILES string of the molecule is CCN(CC)C(=O)Oc1ccc2c(ccn2Cc2ccc(OC(F)(F)F)c(Cl)c2)c1-c1cc(Cl)cc(Cl)c1. The van der Waals surface area contributed by atoms with Crippen LogP contribution in [0.25, 0.3) is 22.0 Å². The molecular weight excluding hydrogens is 564 g/mol. The quantitative estimate of drug-likeness (QED) is 0.217. The van der Waals surface area contributed by atoms with Crippen LogP contribution >= 0.6 is 34.8 Å². The Balaban J connectivity index is 1.77. The van der Waals surface area contributed by atoms with Crippen LogP contribution < -0.4 is 9.47 Å². The van der Waals surface area contributed by atoms with Gasteiger partial charge in [-0.3, -0.25) is 0 Å². The molecule has 0 radical (unpaired) electrons. The van der Waals surface area contributed by atoms with Crippen molar-refractivity contribution in [3.63, 3.8) is 0 Å². The van der Waals surface area contributed by atoms with Crippen molar-refractivity contribution in [1.82, 2.24) is 9.47 Å². The maximum Gasteiger partial charge on any atom is 0.573 e. The lowest BCUT2D eigenvalue weighted by Gasteiger charge is -2.20. The average Bonchev–Trinajstić information content (AvgIpc) is 3.22. The summed E-state index contributed by atoms with van der Waals surface area (Å²) >= 11 is 18.6. The van der Waals surface area contributed by atoms with E-state index in [4.69, 9.17) is 39.5 Å². The molecule has 3 aromatic carbocycles. The molecule has 0 aliphatic carbocycles. The monoisotopic (exact) mass is 584 g/mol. The number of carbonyl (C=O) groups excluding carboxylic acids is 1. The highest BCUT2D eigenvalue weighted by Gasteiger charge is 2.32. The first-order chi connectivity index (χ1) is 18.0. The molecule has 5 nitrogen and oxygen atoms in total. The van der Waals surface area contributed by atoms with Crippen molar-refractivity contribution >= 4 is 51.8 Å². The molecule has 0 atom stereocenters. The Kier molecular flexibility index (Phi) is 8.35. The fourth-order valence-electron chi connectivity index (χ4n) is 4.16. The van der Waals surface area contributed by atoms with E-state index in [-0.39, 0.29) is 5.02 Å². The molecular formula is C27H22Cl3F3N2O3. The molecule has 0 aliphatic rings. The Morgan fingerprint density at radius 1 is 0.921 bits per heavy atom. The van der Waals surface area contributed by atoms with Crippen molar-refractivity contribution in [2.24, 2.45) is 0 Å². The van der Waals surface area contributed by atoms with Crippen LogP contribution in [0.3, 0.4) is 0 Å². The Morgan fingerprint density at radius 2 is 1.58 bits per heavy atom. The first-order valence-electron chi connectivity index (χ1n) is 11.6. The van der Waals surface area contributed by atoms with Gasteiger partial charge in [0, 0.05) is 52.3 Å². The third-order valence-corrected chi connectivity index (χ3v) is 6.59. The minimum Gasteiger partial charge on any atom is -0.410 e. The number of alkyl halides is 3. The van der Waals surface area contributed by atoms with Crippen LogP contribution in [0.4, 0.5) is 18.0 Å². The van der Waals surface area contributed by atoms with E-state index in [2.05, 4.69) is 4.74 Å². The molecule has 11 heteroatoms. The molecule has 200 valence electrons. The number of hydrogen-bond donors (Lipinski definition) is 0. The van der Waals surface area contributed by atoms with E-state index in [9.17, 15) is 18.0 Å². The molecule has 1 aromatic heterocycles. The summed E-state index contributed by atoms with van der Waals surface area (Å²) in [5.41, 5.74) is 2.72. The average molecular weight is 586 g/mol. The predicted octanol–water partition coefficient (Wildman–Crippen LogP) is 9.06. The summed E-state index contributed by atoms with van der Waals surface area (Å²) in [6.45, 7) is 5.01. The highest BCUT2D eigenvalue weighted by atomic mass is 35.5. The molecule has 1 amide bonds. The summed E-state index contributed by atoms with van der Waals surface area (Å²) in [4.78, 5) is 14.3. The van der Waals surface area contributed by atoms with Gasteiger partial charge in [-0.1, -0.05) is 40.9 Å². The molecule has 0 unspecified atom stereocenters. The number of ether oxygens (including phenoxy) is 2. The number of benzene rings is 3. The standard InChI is InChI=1S/C27H22Cl3F3N2O3/c1-3-34(4-2)26(36)37-24-8-6-22-20(25(24)17-12-18(28)14-19(29)13-17)9-10-35(22)15-16-5-7-23(21(30)11-16)38-27(31,32)33/h5-14H,3-4,15H2,1-2H3. The smallest absolute Gasteiger partial charge is 0.410 e. The minimum absolute atomic E-state index is 0.156. The molecule has 0 aliphatic heterocycles. The number of rotatable bonds is 7. The van der Waals surface area contributed by atoms with Gasteiger partial charge < -0.3 is 18.9 Å². The van der Waals surface area contributed by atoms with Crippen molar-refractivity contribution in [2.45, 2.75) is 26.8 Å². The summed E-state index contributed by atoms with van der Waals surface area (Å²) in [7, 11) is 0. The fraction of sp³-hybridized carbons (Fsp3) is 0.222. The van der Waals surface area contributed by atoms with Crippen LogP contribution in [-0.4, -0.2) is 35.0 Å². The largest absolute Gasteiger partial charge is 0.573 e. The van der Waals surface area contributed by atoms with Crippen LogP contribution in [0.1, 0.15) is 19.4 Å². The van der Waals surface area contributed by atoms with Gasteiger partial charge in [0.1, 0.15) is 11.5 Å². The van der Waals surface area contributed by atoms with E-state index < -0.39 is 18.2 Å². The lowest BCUT2D eigenvalue weighted by Crippen LogP contribution is -2.33. The number of nitrogens with zero attached hydrogens (tertiary/aromatic N) is 2. The predicted molar refractivity (Wildman–Crippen MR) is 144 cm³/mol. The zero-order chi connectivity index (χ0) is 27.6. The number of halogens is 6. The summed E-state index contributed by atoms with van der Waals surface area (Å²) in [5, 5.41) is 1.44. The van der Waals surface area contributed by atoms with Crippen molar-refractivity contribution < 1.29 is 27.4 Å². The molecule has 0 bridgehead atoms. The summed E-state index contributed by atoms with van der Waals surface area (Å²) in [5.74, 6) is -0.137. The highest BCUT2D eigenvalue weighted by Crippen LogP contribution is 2.40. The number of amides is 1. The van der Waals surface area contributed by atoms with Gasteiger partial charge >= 0.3 is 12.5 Å². The van der Waals surface area contributed by atoms with Crippen LogP contribution in [-0.2, 0) is 6.54 Å². The Morgan fingerprint density at radius 3 is 2.18 bits per heavy atom. The van der Waals surface area contributed by atoms with E-state index in [0.29, 0.717) is 52.1 Å². The normalized spacial score (nSPS) is 11.6. The lowest BCUT2D eigenvalue weighted by molar-refractivity contribution is -0.274. The van der Waals surface area contributed by atoms with E-state index in [1.807, 2.05) is 30.7 Å². The summed E-state index contributed by atoms with van der Waals surface area (Å²) < 4.78 is 49.4. The van der Waals surface area contributed by atoms with Crippen molar-refractivity contribution in [2.75, 3.05) is 13.1 Å². The van der Waals surface area contributed by atoms with E-state index in [1.54, 1.807) is 35.2 Å². The zero-order valence-corrected chi connectivity index (χ0v) is 22.5.